The second-order valence-corrected chi connectivity index (χ2v) is 6.49. The van der Waals surface area contributed by atoms with E-state index in [1.807, 2.05) is 12.1 Å². The van der Waals surface area contributed by atoms with Crippen molar-refractivity contribution in [3.05, 3.63) is 53.2 Å². The molecule has 0 amide bonds. The zero-order valence-electron chi connectivity index (χ0n) is 16.9. The van der Waals surface area contributed by atoms with Gasteiger partial charge in [-0.2, -0.15) is 0 Å². The summed E-state index contributed by atoms with van der Waals surface area (Å²) >= 11 is 0. The average molecular weight is 512 g/mol. The SMILES string of the molecule is CN=C(NCCc1ccc2c(c1)CCO2)NCc1ccc(OCCOC)nc1.I. The van der Waals surface area contributed by atoms with Crippen LogP contribution in [0.15, 0.2) is 41.5 Å². The molecule has 158 valence electrons. The molecule has 0 aliphatic carbocycles. The summed E-state index contributed by atoms with van der Waals surface area (Å²) in [5.41, 5.74) is 3.67. The van der Waals surface area contributed by atoms with Gasteiger partial charge in [0.2, 0.25) is 5.88 Å². The molecule has 3 rings (SSSR count). The van der Waals surface area contributed by atoms with Gasteiger partial charge in [-0.1, -0.05) is 18.2 Å². The Morgan fingerprint density at radius 1 is 1.17 bits per heavy atom. The molecule has 0 unspecified atom stereocenters. The Morgan fingerprint density at radius 3 is 2.79 bits per heavy atom. The zero-order chi connectivity index (χ0) is 19.6. The summed E-state index contributed by atoms with van der Waals surface area (Å²) in [6, 6.07) is 10.3. The van der Waals surface area contributed by atoms with Crippen molar-refractivity contribution >= 4 is 29.9 Å². The number of pyridine rings is 1. The Labute approximate surface area is 189 Å². The van der Waals surface area contributed by atoms with Crippen LogP contribution in [0.4, 0.5) is 0 Å². The molecular formula is C21H29IN4O3. The highest BCUT2D eigenvalue weighted by Crippen LogP contribution is 2.25. The molecule has 8 heteroatoms. The molecule has 1 aromatic carbocycles. The van der Waals surface area contributed by atoms with E-state index < -0.39 is 0 Å². The summed E-state index contributed by atoms with van der Waals surface area (Å²) in [6.45, 7) is 3.29. The highest BCUT2D eigenvalue weighted by Gasteiger charge is 2.11. The second-order valence-electron chi connectivity index (χ2n) is 6.49. The number of nitrogens with zero attached hydrogens (tertiary/aromatic N) is 2. The van der Waals surface area contributed by atoms with Gasteiger partial charge in [-0.25, -0.2) is 4.98 Å². The summed E-state index contributed by atoms with van der Waals surface area (Å²) in [5, 5.41) is 6.65. The van der Waals surface area contributed by atoms with Crippen LogP contribution in [-0.4, -0.2) is 51.5 Å². The Hall–Kier alpha value is -2.07. The number of halogens is 1. The van der Waals surface area contributed by atoms with Crippen LogP contribution in [0.25, 0.3) is 0 Å². The molecule has 7 nitrogen and oxygen atoms in total. The van der Waals surface area contributed by atoms with Crippen LogP contribution in [0.1, 0.15) is 16.7 Å². The molecule has 0 saturated heterocycles. The van der Waals surface area contributed by atoms with E-state index in [9.17, 15) is 0 Å². The molecule has 2 heterocycles. The highest BCUT2D eigenvalue weighted by molar-refractivity contribution is 14.0. The van der Waals surface area contributed by atoms with E-state index >= 15 is 0 Å². The third-order valence-electron chi connectivity index (χ3n) is 4.48. The van der Waals surface area contributed by atoms with E-state index in [4.69, 9.17) is 14.2 Å². The first-order valence-corrected chi connectivity index (χ1v) is 9.54. The molecule has 1 aromatic heterocycles. The molecule has 0 saturated carbocycles. The summed E-state index contributed by atoms with van der Waals surface area (Å²) in [7, 11) is 3.42. The van der Waals surface area contributed by atoms with Crippen molar-refractivity contribution in [1.29, 1.82) is 0 Å². The van der Waals surface area contributed by atoms with Gasteiger partial charge < -0.3 is 24.8 Å². The predicted octanol–water partition coefficient (Wildman–Crippen LogP) is 2.57. The van der Waals surface area contributed by atoms with Gasteiger partial charge in [-0.15, -0.1) is 24.0 Å². The van der Waals surface area contributed by atoms with Crippen molar-refractivity contribution in [2.75, 3.05) is 40.5 Å². The third-order valence-corrected chi connectivity index (χ3v) is 4.48. The lowest BCUT2D eigenvalue weighted by Crippen LogP contribution is -2.37. The van der Waals surface area contributed by atoms with Gasteiger partial charge in [0, 0.05) is 45.9 Å². The Kier molecular flexibility index (Phi) is 9.99. The van der Waals surface area contributed by atoms with Gasteiger partial charge in [0.05, 0.1) is 13.2 Å². The Bertz CT molecular complexity index is 784. The molecule has 29 heavy (non-hydrogen) atoms. The number of ether oxygens (including phenoxy) is 3. The lowest BCUT2D eigenvalue weighted by molar-refractivity contribution is 0.143. The maximum absolute atomic E-state index is 5.56. The molecule has 1 aliphatic heterocycles. The van der Waals surface area contributed by atoms with E-state index in [1.54, 1.807) is 20.4 Å². The van der Waals surface area contributed by atoms with Gasteiger partial charge in [0.1, 0.15) is 12.4 Å². The van der Waals surface area contributed by atoms with Crippen molar-refractivity contribution in [2.24, 2.45) is 4.99 Å². The number of aromatic nitrogens is 1. The van der Waals surface area contributed by atoms with Crippen LogP contribution in [0, 0.1) is 0 Å². The summed E-state index contributed by atoms with van der Waals surface area (Å²) in [5.74, 6) is 2.39. The number of rotatable bonds is 9. The quantitative estimate of drug-likeness (QED) is 0.233. The van der Waals surface area contributed by atoms with Gasteiger partial charge >= 0.3 is 0 Å². The molecule has 1 aliphatic rings. The molecule has 2 aromatic rings. The first kappa shape index (κ1) is 23.2. The van der Waals surface area contributed by atoms with Crippen molar-refractivity contribution in [2.45, 2.75) is 19.4 Å². The largest absolute Gasteiger partial charge is 0.493 e. The lowest BCUT2D eigenvalue weighted by Gasteiger charge is -2.12. The minimum Gasteiger partial charge on any atom is -0.493 e. The van der Waals surface area contributed by atoms with Crippen LogP contribution < -0.4 is 20.1 Å². The third kappa shape index (κ3) is 7.36. The molecule has 0 spiro atoms. The van der Waals surface area contributed by atoms with E-state index in [-0.39, 0.29) is 24.0 Å². The van der Waals surface area contributed by atoms with Crippen LogP contribution in [0.3, 0.4) is 0 Å². The summed E-state index contributed by atoms with van der Waals surface area (Å²) in [4.78, 5) is 8.57. The minimum atomic E-state index is 0. The summed E-state index contributed by atoms with van der Waals surface area (Å²) in [6.07, 6.45) is 3.74. The fourth-order valence-corrected chi connectivity index (χ4v) is 2.96. The van der Waals surface area contributed by atoms with Crippen molar-refractivity contribution in [1.82, 2.24) is 15.6 Å². The smallest absolute Gasteiger partial charge is 0.213 e. The van der Waals surface area contributed by atoms with Gasteiger partial charge in [0.25, 0.3) is 0 Å². The average Bonchev–Trinajstić information content (AvgIpc) is 3.19. The van der Waals surface area contributed by atoms with Gasteiger partial charge in [0.15, 0.2) is 5.96 Å². The first-order chi connectivity index (χ1) is 13.8. The van der Waals surface area contributed by atoms with E-state index in [0.29, 0.717) is 25.6 Å². The topological polar surface area (TPSA) is 77.0 Å². The van der Waals surface area contributed by atoms with E-state index in [2.05, 4.69) is 38.8 Å². The maximum atomic E-state index is 5.56. The lowest BCUT2D eigenvalue weighted by atomic mass is 10.1. The van der Waals surface area contributed by atoms with Crippen LogP contribution in [0.5, 0.6) is 11.6 Å². The number of aliphatic imine (C=N–C) groups is 1. The van der Waals surface area contributed by atoms with E-state index in [1.165, 1.54) is 11.1 Å². The van der Waals surface area contributed by atoms with Gasteiger partial charge in [-0.3, -0.25) is 4.99 Å². The molecule has 0 bridgehead atoms. The monoisotopic (exact) mass is 512 g/mol. The van der Waals surface area contributed by atoms with Crippen molar-refractivity contribution in [3.8, 4) is 11.6 Å². The predicted molar refractivity (Wildman–Crippen MR) is 125 cm³/mol. The van der Waals surface area contributed by atoms with Crippen LogP contribution >= 0.6 is 24.0 Å². The number of nitrogens with one attached hydrogen (secondary N) is 2. The fraction of sp³-hybridized carbons (Fsp3) is 0.429. The maximum Gasteiger partial charge on any atom is 0.213 e. The number of hydrogen-bond acceptors (Lipinski definition) is 5. The number of benzene rings is 1. The number of guanidine groups is 1. The van der Waals surface area contributed by atoms with E-state index in [0.717, 1.165) is 43.3 Å². The fourth-order valence-electron chi connectivity index (χ4n) is 2.96. The first-order valence-electron chi connectivity index (χ1n) is 9.54. The Balaban J connectivity index is 0.00000300. The Morgan fingerprint density at radius 2 is 2.03 bits per heavy atom. The molecule has 0 radical (unpaired) electrons. The number of methoxy groups -OCH3 is 1. The van der Waals surface area contributed by atoms with Crippen LogP contribution in [0.2, 0.25) is 0 Å². The van der Waals surface area contributed by atoms with Crippen molar-refractivity contribution in [3.63, 3.8) is 0 Å². The molecule has 2 N–H and O–H groups in total. The number of hydrogen-bond donors (Lipinski definition) is 2. The van der Waals surface area contributed by atoms with Gasteiger partial charge in [-0.05, 0) is 29.2 Å². The minimum absolute atomic E-state index is 0. The second kappa shape index (κ2) is 12.5. The summed E-state index contributed by atoms with van der Waals surface area (Å²) < 4.78 is 16.0. The standard InChI is InChI=1S/C21H28N4O3.HI/c1-22-21(23-9-7-16-3-5-19-18(13-16)8-10-27-19)25-15-17-4-6-20(24-14-17)28-12-11-26-2;/h3-6,13-14H,7-12,15H2,1-2H3,(H2,22,23,25);1H. The van der Waals surface area contributed by atoms with Crippen LogP contribution in [-0.2, 0) is 24.1 Å². The highest BCUT2D eigenvalue weighted by atomic mass is 127. The molecular weight excluding hydrogens is 483 g/mol. The zero-order valence-corrected chi connectivity index (χ0v) is 19.3. The number of fused-ring (bicyclic) bond motifs is 1. The molecule has 0 atom stereocenters. The van der Waals surface area contributed by atoms with Crippen molar-refractivity contribution < 1.29 is 14.2 Å². The molecule has 0 fully saturated rings. The normalized spacial score (nSPS) is 12.6.